The van der Waals surface area contributed by atoms with Gasteiger partial charge in [0.25, 0.3) is 0 Å². The molecule has 18 heteroatoms. The highest BCUT2D eigenvalue weighted by Crippen LogP contribution is 2.46. The van der Waals surface area contributed by atoms with Crippen LogP contribution < -0.4 is 14.4 Å². The molecule has 2 unspecified atom stereocenters. The van der Waals surface area contributed by atoms with E-state index in [1.54, 1.807) is 19.0 Å². The number of nitrogens with zero attached hydrogens (tertiary/aromatic N) is 7. The third-order valence-corrected chi connectivity index (χ3v) is 11.9. The number of aromatic nitrogens is 3. The van der Waals surface area contributed by atoms with E-state index in [9.17, 15) is 27.9 Å². The van der Waals surface area contributed by atoms with Crippen molar-refractivity contribution >= 4 is 39.5 Å². The number of amides is 2. The van der Waals surface area contributed by atoms with Gasteiger partial charge in [-0.2, -0.15) is 23.1 Å². The summed E-state index contributed by atoms with van der Waals surface area (Å²) >= 11 is 0. The number of fused-ring (bicyclic) bond motifs is 5. The van der Waals surface area contributed by atoms with Gasteiger partial charge in [-0.3, -0.25) is 9.69 Å². The van der Waals surface area contributed by atoms with Crippen molar-refractivity contribution in [1.29, 1.82) is 0 Å². The Bertz CT molecular complexity index is 2360. The first-order valence-electron chi connectivity index (χ1n) is 18.9. The molecule has 2 aromatic carbocycles. The summed E-state index contributed by atoms with van der Waals surface area (Å²) in [5.74, 6) is -1.75. The van der Waals surface area contributed by atoms with E-state index < -0.39 is 47.4 Å². The maximum absolute atomic E-state index is 17.3. The lowest BCUT2D eigenvalue weighted by atomic mass is 9.95. The predicted molar refractivity (Wildman–Crippen MR) is 200 cm³/mol. The van der Waals surface area contributed by atoms with Crippen molar-refractivity contribution in [3.8, 4) is 41.2 Å². The molecule has 2 bridgehead atoms. The molecule has 306 valence electrons. The van der Waals surface area contributed by atoms with Crippen molar-refractivity contribution < 1.29 is 50.9 Å². The second-order valence-corrected chi connectivity index (χ2v) is 15.5. The second-order valence-electron chi connectivity index (χ2n) is 15.5. The fourth-order valence-corrected chi connectivity index (χ4v) is 9.31. The molecular formula is C40H40F5N7O6. The summed E-state index contributed by atoms with van der Waals surface area (Å²) in [4.78, 5) is 44.6. The maximum Gasteiger partial charge on any atom is 0.471 e. The van der Waals surface area contributed by atoms with Crippen LogP contribution in [0.2, 0.25) is 0 Å². The van der Waals surface area contributed by atoms with Crippen molar-refractivity contribution in [3.05, 3.63) is 41.5 Å². The number of alkyl halides is 3. The minimum atomic E-state index is -5.06. The Morgan fingerprint density at radius 1 is 1.05 bits per heavy atom. The summed E-state index contributed by atoms with van der Waals surface area (Å²) in [6.45, 7) is 0.886. The molecule has 4 aromatic rings. The molecule has 4 saturated heterocycles. The fraction of sp³-hybridized carbons (Fsp3) is 0.475. The Hall–Kier alpha value is -5.70. The van der Waals surface area contributed by atoms with Crippen molar-refractivity contribution in [3.63, 3.8) is 0 Å². The number of hydrogen-bond donors (Lipinski definition) is 1. The third-order valence-electron chi connectivity index (χ3n) is 11.9. The van der Waals surface area contributed by atoms with Crippen LogP contribution in [-0.2, 0) is 9.53 Å². The van der Waals surface area contributed by atoms with Gasteiger partial charge in [0.1, 0.15) is 47.2 Å². The summed E-state index contributed by atoms with van der Waals surface area (Å²) in [7, 11) is 4.50. The van der Waals surface area contributed by atoms with E-state index in [0.717, 1.165) is 36.8 Å². The highest BCUT2D eigenvalue weighted by Gasteiger charge is 2.53. The molecule has 4 fully saturated rings. The van der Waals surface area contributed by atoms with Gasteiger partial charge in [0.05, 0.1) is 30.3 Å². The number of aromatic hydroxyl groups is 1. The van der Waals surface area contributed by atoms with Gasteiger partial charge in [-0.15, -0.1) is 6.42 Å². The number of pyridine rings is 1. The Labute approximate surface area is 329 Å². The van der Waals surface area contributed by atoms with Crippen molar-refractivity contribution in [2.75, 3.05) is 59.0 Å². The zero-order valence-corrected chi connectivity index (χ0v) is 31.9. The zero-order valence-electron chi connectivity index (χ0n) is 31.9. The van der Waals surface area contributed by atoms with Crippen LogP contribution in [-0.4, -0.2) is 131 Å². The lowest BCUT2D eigenvalue weighted by molar-refractivity contribution is -0.188. The number of halogens is 5. The zero-order chi connectivity index (χ0) is 41.3. The highest BCUT2D eigenvalue weighted by molar-refractivity contribution is 6.04. The number of anilines is 1. The van der Waals surface area contributed by atoms with Gasteiger partial charge in [-0.05, 0) is 68.7 Å². The quantitative estimate of drug-likeness (QED) is 0.175. The van der Waals surface area contributed by atoms with E-state index >= 15 is 8.78 Å². The standard InChI is InChI=1S/C40H40F5N7O6/c1-5-26-28(41)10-7-21-15-25(53)16-27(29(21)26)32-31(42)33-30(35(46-32)56-4)34(50-17-22-8-9-23(18-50)52(22)36(54)40(43,44)45)48-37(47-33)58-20-39-12-6-14-51(39)24(11-13-39)19-57-38(55)49(2)3/h1,7,10,15-16,22-24,53H,6,8-9,11-14,17-20H2,2-4H3/t22?,23?,24-,39-/m0/s1. The lowest BCUT2D eigenvalue weighted by Crippen LogP contribution is -2.59. The summed E-state index contributed by atoms with van der Waals surface area (Å²) in [6, 6.07) is 3.16. The van der Waals surface area contributed by atoms with Crippen LogP contribution in [0.3, 0.4) is 0 Å². The largest absolute Gasteiger partial charge is 0.508 e. The summed E-state index contributed by atoms with van der Waals surface area (Å²) in [5, 5.41) is 11.1. The van der Waals surface area contributed by atoms with Crippen LogP contribution in [0.4, 0.5) is 32.6 Å². The fourth-order valence-electron chi connectivity index (χ4n) is 9.31. The van der Waals surface area contributed by atoms with Crippen molar-refractivity contribution in [2.24, 2.45) is 0 Å². The molecule has 0 aliphatic carbocycles. The summed E-state index contributed by atoms with van der Waals surface area (Å²) < 4.78 is 91.0. The van der Waals surface area contributed by atoms with Crippen LogP contribution in [0, 0.1) is 24.0 Å². The van der Waals surface area contributed by atoms with Gasteiger partial charge in [-0.1, -0.05) is 12.0 Å². The van der Waals surface area contributed by atoms with Gasteiger partial charge >= 0.3 is 24.2 Å². The number of hydrogen-bond acceptors (Lipinski definition) is 11. The normalized spacial score (nSPS) is 23.0. The first-order valence-corrected chi connectivity index (χ1v) is 18.9. The molecule has 4 aliphatic heterocycles. The van der Waals surface area contributed by atoms with Crippen LogP contribution in [0.15, 0.2) is 24.3 Å². The summed E-state index contributed by atoms with van der Waals surface area (Å²) in [6.07, 6.45) is 3.89. The SMILES string of the molecule is C#Cc1c(F)ccc2cc(O)cc(-c3nc(OC)c4c(N5CC6CCC(C5)N6C(=O)C(F)(F)F)nc(OC[C@@]56CCCN5[C@H](COC(=O)N(C)C)CC6)nc4c3F)c12. The molecule has 13 nitrogen and oxygen atoms in total. The second kappa shape index (κ2) is 14.6. The predicted octanol–water partition coefficient (Wildman–Crippen LogP) is 5.63. The monoisotopic (exact) mass is 809 g/mol. The number of benzene rings is 2. The Kier molecular flexibility index (Phi) is 9.85. The number of phenolic OH excluding ortho intramolecular Hbond substituents is 1. The van der Waals surface area contributed by atoms with E-state index in [1.165, 1.54) is 30.2 Å². The van der Waals surface area contributed by atoms with Gasteiger partial charge < -0.3 is 34.0 Å². The van der Waals surface area contributed by atoms with Gasteiger partial charge in [0.2, 0.25) is 5.88 Å². The smallest absolute Gasteiger partial charge is 0.471 e. The first-order chi connectivity index (χ1) is 27.6. The highest BCUT2D eigenvalue weighted by atomic mass is 19.4. The topological polar surface area (TPSA) is 134 Å². The number of carbonyl (C=O) groups excluding carboxylic acids is 2. The van der Waals surface area contributed by atoms with E-state index in [-0.39, 0.29) is 88.9 Å². The van der Waals surface area contributed by atoms with Crippen molar-refractivity contribution in [2.45, 2.75) is 68.4 Å². The third kappa shape index (κ3) is 6.58. The molecule has 58 heavy (non-hydrogen) atoms. The van der Waals surface area contributed by atoms with E-state index in [1.807, 2.05) is 0 Å². The molecule has 2 amide bonds. The minimum Gasteiger partial charge on any atom is -0.508 e. The number of piperazine rings is 1. The van der Waals surface area contributed by atoms with Crippen LogP contribution in [0.25, 0.3) is 32.9 Å². The van der Waals surface area contributed by atoms with Gasteiger partial charge in [0, 0.05) is 44.2 Å². The molecule has 0 spiro atoms. The Morgan fingerprint density at radius 2 is 1.79 bits per heavy atom. The van der Waals surface area contributed by atoms with Gasteiger partial charge in [-0.25, -0.2) is 18.6 Å². The number of carbonyl (C=O) groups is 2. The molecule has 0 radical (unpaired) electrons. The van der Waals surface area contributed by atoms with Crippen molar-refractivity contribution in [1.82, 2.24) is 29.7 Å². The van der Waals surface area contributed by atoms with Crippen LogP contribution >= 0.6 is 0 Å². The lowest BCUT2D eigenvalue weighted by Gasteiger charge is -2.42. The molecule has 1 N–H and O–H groups in total. The molecule has 8 rings (SSSR count). The molecule has 4 aliphatic rings. The van der Waals surface area contributed by atoms with E-state index in [4.69, 9.17) is 25.6 Å². The Balaban J connectivity index is 1.23. The van der Waals surface area contributed by atoms with Gasteiger partial charge in [0.15, 0.2) is 5.82 Å². The molecule has 2 aromatic heterocycles. The number of terminal acetylenes is 1. The maximum atomic E-state index is 17.3. The Morgan fingerprint density at radius 3 is 2.47 bits per heavy atom. The number of ether oxygens (including phenoxy) is 3. The molecule has 6 heterocycles. The number of rotatable bonds is 8. The average molecular weight is 810 g/mol. The van der Waals surface area contributed by atoms with Crippen LogP contribution in [0.1, 0.15) is 44.1 Å². The number of phenols is 1. The van der Waals surface area contributed by atoms with E-state index in [2.05, 4.69) is 20.8 Å². The minimum absolute atomic E-state index is 0.0109. The molecule has 4 atom stereocenters. The van der Waals surface area contributed by atoms with E-state index in [0.29, 0.717) is 24.6 Å². The summed E-state index contributed by atoms with van der Waals surface area (Å²) in [5.41, 5.74) is -1.40. The molecular weight excluding hydrogens is 769 g/mol. The number of methoxy groups -OCH3 is 1. The average Bonchev–Trinajstić information content (AvgIpc) is 3.84. The first kappa shape index (κ1) is 39.1. The molecule has 0 saturated carbocycles. The van der Waals surface area contributed by atoms with Crippen LogP contribution in [0.5, 0.6) is 17.6 Å².